The highest BCUT2D eigenvalue weighted by molar-refractivity contribution is 6.42. The Morgan fingerprint density at radius 1 is 1.06 bits per heavy atom. The molecule has 0 unspecified atom stereocenters. The summed E-state index contributed by atoms with van der Waals surface area (Å²) in [4.78, 5) is 41.8. The van der Waals surface area contributed by atoms with E-state index >= 15 is 0 Å². The summed E-state index contributed by atoms with van der Waals surface area (Å²) >= 11 is 12.0. The number of aromatic nitrogens is 2. The van der Waals surface area contributed by atoms with E-state index in [0.29, 0.717) is 22.0 Å². The minimum Gasteiger partial charge on any atom is -0.383 e. The molecule has 7 nitrogen and oxygen atoms in total. The molecule has 162 valence electrons. The molecule has 9 heteroatoms. The second-order valence-electron chi connectivity index (χ2n) is 7.04. The first-order valence-electron chi connectivity index (χ1n) is 9.72. The molecule has 1 aromatic heterocycles. The Labute approximate surface area is 189 Å². The average Bonchev–Trinajstić information content (AvgIpc) is 2.73. The van der Waals surface area contributed by atoms with E-state index in [1.165, 1.54) is 9.47 Å². The molecule has 31 heavy (non-hydrogen) atoms. The van der Waals surface area contributed by atoms with Crippen LogP contribution in [-0.4, -0.2) is 22.0 Å². The topological polar surface area (TPSA) is 101 Å². The molecule has 1 heterocycles. The summed E-state index contributed by atoms with van der Waals surface area (Å²) in [5.41, 5.74) is 6.35. The predicted molar refractivity (Wildman–Crippen MR) is 124 cm³/mol. The van der Waals surface area contributed by atoms with Crippen LogP contribution in [0.25, 0.3) is 0 Å². The van der Waals surface area contributed by atoms with Crippen molar-refractivity contribution in [3.63, 3.8) is 0 Å². The van der Waals surface area contributed by atoms with Crippen molar-refractivity contribution < 1.29 is 4.79 Å². The number of carbonyl (C=O) groups excluding carboxylic acids is 1. The van der Waals surface area contributed by atoms with Crippen molar-refractivity contribution in [2.24, 2.45) is 0 Å². The van der Waals surface area contributed by atoms with Gasteiger partial charge in [-0.1, -0.05) is 66.5 Å². The number of rotatable bonds is 7. The van der Waals surface area contributed by atoms with Gasteiger partial charge in [0.25, 0.3) is 5.56 Å². The molecule has 0 saturated heterocycles. The fraction of sp³-hybridized carbons (Fsp3) is 0.227. The number of aromatic amines is 1. The molecule has 2 aromatic carbocycles. The van der Waals surface area contributed by atoms with Crippen LogP contribution in [0.2, 0.25) is 10.0 Å². The quantitative estimate of drug-likeness (QED) is 0.563. The Hall–Kier alpha value is -3.03. The first-order chi connectivity index (χ1) is 14.8. The number of nitrogen functional groups attached to an aromatic ring is 1. The number of anilines is 2. The molecule has 0 atom stereocenters. The van der Waals surface area contributed by atoms with Gasteiger partial charge in [-0.25, -0.2) is 4.79 Å². The van der Waals surface area contributed by atoms with Gasteiger partial charge in [0.15, 0.2) is 5.69 Å². The third-order valence-electron chi connectivity index (χ3n) is 4.76. The minimum absolute atomic E-state index is 0.00637. The van der Waals surface area contributed by atoms with Crippen LogP contribution < -0.4 is 21.9 Å². The van der Waals surface area contributed by atoms with E-state index in [1.807, 2.05) is 37.3 Å². The van der Waals surface area contributed by atoms with Gasteiger partial charge in [-0.05, 0) is 29.7 Å². The normalized spacial score (nSPS) is 10.8. The fourth-order valence-electron chi connectivity index (χ4n) is 3.27. The van der Waals surface area contributed by atoms with Crippen molar-refractivity contribution in [1.82, 2.24) is 9.55 Å². The van der Waals surface area contributed by atoms with Crippen molar-refractivity contribution in [3.8, 4) is 0 Å². The molecule has 0 fully saturated rings. The molecular formula is C22H22Cl2N4O3. The van der Waals surface area contributed by atoms with E-state index in [1.54, 1.807) is 18.2 Å². The smallest absolute Gasteiger partial charge is 0.330 e. The number of halogens is 2. The molecule has 0 aliphatic rings. The zero-order valence-electron chi connectivity index (χ0n) is 16.9. The maximum Gasteiger partial charge on any atom is 0.330 e. The number of amides is 1. The van der Waals surface area contributed by atoms with Crippen molar-refractivity contribution in [2.45, 2.75) is 26.3 Å². The number of hydrogen-bond acceptors (Lipinski definition) is 4. The predicted octanol–water partition coefficient (Wildman–Crippen LogP) is 3.46. The van der Waals surface area contributed by atoms with Crippen molar-refractivity contribution >= 4 is 40.6 Å². The van der Waals surface area contributed by atoms with Crippen LogP contribution in [0.4, 0.5) is 11.5 Å². The van der Waals surface area contributed by atoms with Gasteiger partial charge in [0, 0.05) is 6.54 Å². The summed E-state index contributed by atoms with van der Waals surface area (Å²) in [5, 5.41) is 0.722. The SMILES string of the molecule is CCCN(C(=O)Cc1ccc(Cl)c(Cl)c1)c1c(N)n(Cc2ccccc2)c(=O)[nH]c1=O. The summed E-state index contributed by atoms with van der Waals surface area (Å²) in [6, 6.07) is 14.1. The molecular weight excluding hydrogens is 439 g/mol. The zero-order chi connectivity index (χ0) is 22.5. The van der Waals surface area contributed by atoms with E-state index in [0.717, 1.165) is 5.56 Å². The van der Waals surface area contributed by atoms with E-state index < -0.39 is 11.2 Å². The highest BCUT2D eigenvalue weighted by Crippen LogP contribution is 2.24. The van der Waals surface area contributed by atoms with Crippen molar-refractivity contribution in [2.75, 3.05) is 17.2 Å². The molecule has 3 N–H and O–H groups in total. The number of benzene rings is 2. The van der Waals surface area contributed by atoms with Crippen LogP contribution in [0.5, 0.6) is 0 Å². The first-order valence-corrected chi connectivity index (χ1v) is 10.5. The maximum atomic E-state index is 13.1. The first kappa shape index (κ1) is 22.7. The summed E-state index contributed by atoms with van der Waals surface area (Å²) in [5.74, 6) is -0.407. The summed E-state index contributed by atoms with van der Waals surface area (Å²) in [6.07, 6.45) is 0.581. The number of H-pyrrole nitrogens is 1. The van der Waals surface area contributed by atoms with Crippen molar-refractivity contribution in [3.05, 3.63) is 90.5 Å². The lowest BCUT2D eigenvalue weighted by Gasteiger charge is -2.24. The van der Waals surface area contributed by atoms with E-state index in [9.17, 15) is 14.4 Å². The zero-order valence-corrected chi connectivity index (χ0v) is 18.4. The Morgan fingerprint density at radius 2 is 1.77 bits per heavy atom. The van der Waals surface area contributed by atoms with Gasteiger partial charge in [0.05, 0.1) is 23.0 Å². The Kier molecular flexibility index (Phi) is 7.20. The molecule has 0 aliphatic carbocycles. The van der Waals surface area contributed by atoms with E-state index in [-0.39, 0.29) is 36.9 Å². The lowest BCUT2D eigenvalue weighted by molar-refractivity contribution is -0.118. The highest BCUT2D eigenvalue weighted by Gasteiger charge is 2.24. The molecule has 1 amide bonds. The van der Waals surface area contributed by atoms with Crippen molar-refractivity contribution in [1.29, 1.82) is 0 Å². The lowest BCUT2D eigenvalue weighted by atomic mass is 10.1. The lowest BCUT2D eigenvalue weighted by Crippen LogP contribution is -2.42. The molecule has 0 radical (unpaired) electrons. The van der Waals surface area contributed by atoms with Gasteiger partial charge in [0.2, 0.25) is 5.91 Å². The van der Waals surface area contributed by atoms with Crippen LogP contribution in [0, 0.1) is 0 Å². The van der Waals surface area contributed by atoms with Gasteiger partial charge in [0.1, 0.15) is 5.82 Å². The Balaban J connectivity index is 2.00. The molecule has 3 aromatic rings. The summed E-state index contributed by atoms with van der Waals surface area (Å²) in [6.45, 7) is 2.30. The minimum atomic E-state index is -0.706. The number of nitrogens with zero attached hydrogens (tertiary/aromatic N) is 2. The number of hydrogen-bond donors (Lipinski definition) is 2. The van der Waals surface area contributed by atoms with Crippen LogP contribution in [0.1, 0.15) is 24.5 Å². The number of carbonyl (C=O) groups is 1. The van der Waals surface area contributed by atoms with Gasteiger partial charge < -0.3 is 10.6 Å². The monoisotopic (exact) mass is 460 g/mol. The second kappa shape index (κ2) is 9.85. The van der Waals surface area contributed by atoms with Crippen LogP contribution in [-0.2, 0) is 17.8 Å². The molecule has 0 aliphatic heterocycles. The molecule has 0 bridgehead atoms. The molecule has 0 saturated carbocycles. The highest BCUT2D eigenvalue weighted by atomic mass is 35.5. The van der Waals surface area contributed by atoms with Gasteiger partial charge >= 0.3 is 5.69 Å². The fourth-order valence-corrected chi connectivity index (χ4v) is 3.59. The number of nitrogens with one attached hydrogen (secondary N) is 1. The van der Waals surface area contributed by atoms with Crippen LogP contribution in [0.15, 0.2) is 58.1 Å². The average molecular weight is 461 g/mol. The summed E-state index contributed by atoms with van der Waals surface area (Å²) in [7, 11) is 0. The van der Waals surface area contributed by atoms with Gasteiger partial charge in [-0.2, -0.15) is 0 Å². The van der Waals surface area contributed by atoms with Gasteiger partial charge in [-0.3, -0.25) is 19.1 Å². The number of nitrogens with two attached hydrogens (primary N) is 1. The van der Waals surface area contributed by atoms with E-state index in [2.05, 4.69) is 4.98 Å². The molecule has 0 spiro atoms. The summed E-state index contributed by atoms with van der Waals surface area (Å²) < 4.78 is 1.25. The Morgan fingerprint density at radius 3 is 2.42 bits per heavy atom. The maximum absolute atomic E-state index is 13.1. The Bertz CT molecular complexity index is 1210. The van der Waals surface area contributed by atoms with Crippen LogP contribution in [0.3, 0.4) is 0 Å². The van der Waals surface area contributed by atoms with Gasteiger partial charge in [-0.15, -0.1) is 0 Å². The molecule has 3 rings (SSSR count). The second-order valence-corrected chi connectivity index (χ2v) is 7.85. The largest absolute Gasteiger partial charge is 0.383 e. The third kappa shape index (κ3) is 5.18. The van der Waals surface area contributed by atoms with E-state index in [4.69, 9.17) is 28.9 Å². The van der Waals surface area contributed by atoms with Crippen LogP contribution >= 0.6 is 23.2 Å². The third-order valence-corrected chi connectivity index (χ3v) is 5.49. The standard InChI is InChI=1S/C22H22Cl2N4O3/c1-2-10-27(18(29)12-15-8-9-16(23)17(24)11-15)19-20(25)28(22(31)26-21(19)30)13-14-6-4-3-5-7-14/h3-9,11H,2,10,12-13,25H2,1H3,(H,26,30,31).